The molecule has 1 amide bonds. The molecule has 0 fully saturated rings. The molecular formula is C19H19Cl2NO4. The van der Waals surface area contributed by atoms with E-state index in [0.717, 1.165) is 0 Å². The van der Waals surface area contributed by atoms with Gasteiger partial charge in [0, 0.05) is 25.1 Å². The molecule has 2 aromatic rings. The summed E-state index contributed by atoms with van der Waals surface area (Å²) in [6.45, 7) is 0. The number of anilines is 1. The first kappa shape index (κ1) is 20.1. The Morgan fingerprint density at radius 2 is 1.73 bits per heavy atom. The van der Waals surface area contributed by atoms with Gasteiger partial charge < -0.3 is 14.7 Å². The molecule has 1 N–H and O–H groups in total. The van der Waals surface area contributed by atoms with Crippen LogP contribution in [0.15, 0.2) is 42.5 Å². The zero-order valence-corrected chi connectivity index (χ0v) is 15.9. The molecule has 0 heterocycles. The topological polar surface area (TPSA) is 66.8 Å². The van der Waals surface area contributed by atoms with Crippen LogP contribution in [0.2, 0.25) is 10.0 Å². The van der Waals surface area contributed by atoms with Crippen molar-refractivity contribution in [3.63, 3.8) is 0 Å². The molecule has 0 bridgehead atoms. The quantitative estimate of drug-likeness (QED) is 0.742. The molecule has 2 rings (SSSR count). The average Bonchev–Trinajstić information content (AvgIpc) is 2.62. The van der Waals surface area contributed by atoms with Gasteiger partial charge in [-0.25, -0.2) is 0 Å². The minimum atomic E-state index is -0.985. The van der Waals surface area contributed by atoms with Crippen LogP contribution >= 0.6 is 23.2 Å². The Hall–Kier alpha value is -2.24. The molecule has 138 valence electrons. The van der Waals surface area contributed by atoms with Crippen molar-refractivity contribution in [1.82, 2.24) is 0 Å². The van der Waals surface area contributed by atoms with Crippen LogP contribution in [0.4, 0.5) is 5.69 Å². The second kappa shape index (κ2) is 8.92. The molecule has 7 heteroatoms. The first-order valence-electron chi connectivity index (χ1n) is 7.89. The highest BCUT2D eigenvalue weighted by atomic mass is 35.5. The largest absolute Gasteiger partial charge is 0.497 e. The van der Waals surface area contributed by atoms with Gasteiger partial charge in [0.2, 0.25) is 5.91 Å². The van der Waals surface area contributed by atoms with Gasteiger partial charge in [0.25, 0.3) is 0 Å². The molecule has 0 aliphatic heterocycles. The van der Waals surface area contributed by atoms with Gasteiger partial charge in [-0.1, -0.05) is 29.3 Å². The highest BCUT2D eigenvalue weighted by Crippen LogP contribution is 2.31. The number of aliphatic carboxylic acids is 1. The minimum Gasteiger partial charge on any atom is -0.497 e. The number of amides is 1. The molecule has 0 aliphatic carbocycles. The van der Waals surface area contributed by atoms with Gasteiger partial charge in [-0.15, -0.1) is 0 Å². The summed E-state index contributed by atoms with van der Waals surface area (Å²) >= 11 is 11.9. The summed E-state index contributed by atoms with van der Waals surface area (Å²) in [5.41, 5.74) is 1.36. The average molecular weight is 396 g/mol. The number of carbonyl (C=O) groups is 2. The number of carbonyl (C=O) groups excluding carboxylic acids is 1. The maximum absolute atomic E-state index is 12.7. The predicted octanol–water partition coefficient (Wildman–Crippen LogP) is 4.61. The molecule has 0 aliphatic rings. The molecule has 0 saturated carbocycles. The highest BCUT2D eigenvalue weighted by Gasteiger charge is 2.22. The van der Waals surface area contributed by atoms with E-state index in [1.165, 1.54) is 4.90 Å². The lowest BCUT2D eigenvalue weighted by atomic mass is 9.92. The van der Waals surface area contributed by atoms with E-state index >= 15 is 0 Å². The van der Waals surface area contributed by atoms with Crippen molar-refractivity contribution in [1.29, 1.82) is 0 Å². The van der Waals surface area contributed by atoms with Gasteiger partial charge in [0.1, 0.15) is 5.75 Å². The summed E-state index contributed by atoms with van der Waals surface area (Å²) in [6, 6.07) is 12.0. The number of carboxylic acid groups (broad SMARTS) is 1. The highest BCUT2D eigenvalue weighted by molar-refractivity contribution is 6.42. The zero-order valence-electron chi connectivity index (χ0n) is 14.4. The van der Waals surface area contributed by atoms with Crippen LogP contribution < -0.4 is 9.64 Å². The number of hydrogen-bond donors (Lipinski definition) is 1. The third-order valence-electron chi connectivity index (χ3n) is 4.09. The Labute approximate surface area is 162 Å². The molecule has 0 aromatic heterocycles. The van der Waals surface area contributed by atoms with Gasteiger partial charge in [0.15, 0.2) is 0 Å². The van der Waals surface area contributed by atoms with Crippen molar-refractivity contribution >= 4 is 40.8 Å². The van der Waals surface area contributed by atoms with Crippen molar-refractivity contribution in [2.75, 3.05) is 19.1 Å². The number of halogens is 2. The maximum atomic E-state index is 12.7. The molecule has 1 atom stereocenters. The van der Waals surface area contributed by atoms with Crippen LogP contribution in [0.3, 0.4) is 0 Å². The molecule has 0 radical (unpaired) electrons. The van der Waals surface area contributed by atoms with Crippen molar-refractivity contribution < 1.29 is 19.4 Å². The third-order valence-corrected chi connectivity index (χ3v) is 4.83. The Balaban J connectivity index is 2.19. The monoisotopic (exact) mass is 395 g/mol. The van der Waals surface area contributed by atoms with Crippen molar-refractivity contribution in [3.05, 3.63) is 58.1 Å². The number of hydrogen-bond acceptors (Lipinski definition) is 3. The summed E-state index contributed by atoms with van der Waals surface area (Å²) < 4.78 is 5.10. The Morgan fingerprint density at radius 3 is 2.27 bits per heavy atom. The minimum absolute atomic E-state index is 0.0345. The zero-order chi connectivity index (χ0) is 19.3. The molecular weight excluding hydrogens is 377 g/mol. The standard InChI is InChI=1S/C19H19Cl2NO4/c1-22(14-4-6-15(26-2)7-5-14)18(23)10-13(11-19(24)25)12-3-8-16(20)17(21)9-12/h3-9,13H,10-11H2,1-2H3,(H,24,25). The fourth-order valence-electron chi connectivity index (χ4n) is 2.58. The lowest BCUT2D eigenvalue weighted by Gasteiger charge is -2.22. The lowest BCUT2D eigenvalue weighted by molar-refractivity contribution is -0.137. The van der Waals surface area contributed by atoms with Crippen LogP contribution in [0, 0.1) is 0 Å². The van der Waals surface area contributed by atoms with Gasteiger partial charge >= 0.3 is 5.97 Å². The van der Waals surface area contributed by atoms with E-state index in [-0.39, 0.29) is 18.7 Å². The fraction of sp³-hybridized carbons (Fsp3) is 0.263. The van der Waals surface area contributed by atoms with Crippen LogP contribution in [-0.4, -0.2) is 31.1 Å². The number of rotatable bonds is 7. The summed E-state index contributed by atoms with van der Waals surface area (Å²) in [7, 11) is 3.22. The van der Waals surface area contributed by atoms with Gasteiger partial charge in [-0.05, 0) is 42.0 Å². The van der Waals surface area contributed by atoms with E-state index in [1.807, 2.05) is 0 Å². The number of methoxy groups -OCH3 is 1. The smallest absolute Gasteiger partial charge is 0.303 e. The Kier molecular flexibility index (Phi) is 6.89. The van der Waals surface area contributed by atoms with Gasteiger partial charge in [0.05, 0.1) is 23.6 Å². The molecule has 1 unspecified atom stereocenters. The third kappa shape index (κ3) is 5.13. The summed E-state index contributed by atoms with van der Waals surface area (Å²) in [6.07, 6.45) is -0.146. The number of nitrogens with zero attached hydrogens (tertiary/aromatic N) is 1. The van der Waals surface area contributed by atoms with E-state index in [2.05, 4.69) is 0 Å². The van der Waals surface area contributed by atoms with Crippen LogP contribution in [-0.2, 0) is 9.59 Å². The van der Waals surface area contributed by atoms with Crippen molar-refractivity contribution in [2.45, 2.75) is 18.8 Å². The summed E-state index contributed by atoms with van der Waals surface area (Å²) in [4.78, 5) is 25.4. The van der Waals surface area contributed by atoms with Crippen LogP contribution in [0.1, 0.15) is 24.3 Å². The van der Waals surface area contributed by atoms with Crippen molar-refractivity contribution in [3.8, 4) is 5.75 Å². The molecule has 2 aromatic carbocycles. The molecule has 0 saturated heterocycles. The normalized spacial score (nSPS) is 11.7. The van der Waals surface area contributed by atoms with E-state index in [0.29, 0.717) is 27.0 Å². The van der Waals surface area contributed by atoms with Gasteiger partial charge in [-0.3, -0.25) is 9.59 Å². The summed E-state index contributed by atoms with van der Waals surface area (Å²) in [5, 5.41) is 9.91. The number of benzene rings is 2. The lowest BCUT2D eigenvalue weighted by Crippen LogP contribution is -2.28. The first-order valence-corrected chi connectivity index (χ1v) is 8.64. The van der Waals surface area contributed by atoms with E-state index in [1.54, 1.807) is 56.6 Å². The SMILES string of the molecule is COc1ccc(N(C)C(=O)CC(CC(=O)O)c2ccc(Cl)c(Cl)c2)cc1. The number of ether oxygens (including phenoxy) is 1. The predicted molar refractivity (Wildman–Crippen MR) is 102 cm³/mol. The molecule has 26 heavy (non-hydrogen) atoms. The maximum Gasteiger partial charge on any atom is 0.303 e. The first-order chi connectivity index (χ1) is 12.3. The number of carboxylic acids is 1. The Morgan fingerprint density at radius 1 is 1.08 bits per heavy atom. The molecule has 5 nitrogen and oxygen atoms in total. The second-order valence-corrected chi connectivity index (χ2v) is 6.64. The Bertz CT molecular complexity index is 793. The summed E-state index contributed by atoms with van der Waals surface area (Å²) in [5.74, 6) is -1.00. The van der Waals surface area contributed by atoms with E-state index in [4.69, 9.17) is 27.9 Å². The van der Waals surface area contributed by atoms with E-state index in [9.17, 15) is 14.7 Å². The van der Waals surface area contributed by atoms with Crippen LogP contribution in [0.5, 0.6) is 5.75 Å². The van der Waals surface area contributed by atoms with E-state index < -0.39 is 11.9 Å². The van der Waals surface area contributed by atoms with Crippen LogP contribution in [0.25, 0.3) is 0 Å². The molecule has 0 spiro atoms. The second-order valence-electron chi connectivity index (χ2n) is 5.82. The fourth-order valence-corrected chi connectivity index (χ4v) is 2.89. The van der Waals surface area contributed by atoms with Gasteiger partial charge in [-0.2, -0.15) is 0 Å². The van der Waals surface area contributed by atoms with Crippen molar-refractivity contribution in [2.24, 2.45) is 0 Å².